The first-order valence-corrected chi connectivity index (χ1v) is 8.61. The first-order valence-electron chi connectivity index (χ1n) is 7.73. The summed E-state index contributed by atoms with van der Waals surface area (Å²) in [6.45, 7) is 4.16. The summed E-state index contributed by atoms with van der Waals surface area (Å²) in [6, 6.07) is 3.34. The number of nitrogens with one attached hydrogen (secondary N) is 1. The summed E-state index contributed by atoms with van der Waals surface area (Å²) in [4.78, 5) is 20.7. The van der Waals surface area contributed by atoms with E-state index in [1.165, 1.54) is 6.07 Å². The summed E-state index contributed by atoms with van der Waals surface area (Å²) in [6.07, 6.45) is 2.12. The second-order valence-corrected chi connectivity index (χ2v) is 6.44. The van der Waals surface area contributed by atoms with Crippen molar-refractivity contribution in [2.24, 2.45) is 0 Å². The highest BCUT2D eigenvalue weighted by Gasteiger charge is 2.19. The highest BCUT2D eigenvalue weighted by molar-refractivity contribution is 7.13. The Labute approximate surface area is 142 Å². The number of halogens is 2. The number of amides is 1. The second kappa shape index (κ2) is 7.67. The molecule has 5 nitrogen and oxygen atoms in total. The average molecular weight is 352 g/mol. The van der Waals surface area contributed by atoms with Crippen LogP contribution in [0.5, 0.6) is 0 Å². The molecule has 0 aliphatic carbocycles. The number of piperazine rings is 1. The summed E-state index contributed by atoms with van der Waals surface area (Å²) in [5.41, 5.74) is 0.271. The Balaban J connectivity index is 1.41. The lowest BCUT2D eigenvalue weighted by atomic mass is 10.2. The van der Waals surface area contributed by atoms with E-state index >= 15 is 0 Å². The highest BCUT2D eigenvalue weighted by Crippen LogP contribution is 2.19. The predicted molar refractivity (Wildman–Crippen MR) is 90.4 cm³/mol. The van der Waals surface area contributed by atoms with E-state index in [2.05, 4.69) is 20.1 Å². The number of carbonyl (C=O) groups is 1. The van der Waals surface area contributed by atoms with E-state index in [4.69, 9.17) is 0 Å². The minimum atomic E-state index is -0.967. The zero-order valence-corrected chi connectivity index (χ0v) is 13.9. The van der Waals surface area contributed by atoms with Gasteiger partial charge in [0.05, 0.1) is 0 Å². The van der Waals surface area contributed by atoms with Crippen molar-refractivity contribution in [2.75, 3.05) is 42.9 Å². The smallest absolute Gasteiger partial charge is 0.225 e. The van der Waals surface area contributed by atoms with Gasteiger partial charge >= 0.3 is 0 Å². The van der Waals surface area contributed by atoms with Crippen LogP contribution in [0.15, 0.2) is 29.8 Å². The van der Waals surface area contributed by atoms with E-state index in [0.29, 0.717) is 13.0 Å². The molecular formula is C16H18F2N4OS. The van der Waals surface area contributed by atoms with Crippen molar-refractivity contribution >= 4 is 28.1 Å². The number of carbonyl (C=O) groups excluding carboxylic acids is 1. The molecule has 1 aliphatic heterocycles. The number of rotatable bonds is 5. The van der Waals surface area contributed by atoms with Crippen molar-refractivity contribution in [2.45, 2.75) is 6.42 Å². The maximum Gasteiger partial charge on any atom is 0.225 e. The molecule has 2 aromatic rings. The Morgan fingerprint density at radius 2 is 2.00 bits per heavy atom. The van der Waals surface area contributed by atoms with Gasteiger partial charge in [-0.3, -0.25) is 9.69 Å². The Morgan fingerprint density at radius 1 is 1.21 bits per heavy atom. The Morgan fingerprint density at radius 3 is 2.67 bits per heavy atom. The third-order valence-electron chi connectivity index (χ3n) is 3.92. The van der Waals surface area contributed by atoms with Gasteiger partial charge in [-0.15, -0.1) is 11.3 Å². The summed E-state index contributed by atoms with van der Waals surface area (Å²) in [5.74, 6) is -2.10. The zero-order valence-electron chi connectivity index (χ0n) is 13.0. The van der Waals surface area contributed by atoms with Crippen LogP contribution in [-0.4, -0.2) is 48.5 Å². The van der Waals surface area contributed by atoms with Crippen LogP contribution in [0.25, 0.3) is 0 Å². The first-order chi connectivity index (χ1) is 11.6. The fourth-order valence-corrected chi connectivity index (χ4v) is 3.29. The Kier molecular flexibility index (Phi) is 5.37. The molecule has 1 fully saturated rings. The van der Waals surface area contributed by atoms with Gasteiger partial charge in [-0.1, -0.05) is 0 Å². The van der Waals surface area contributed by atoms with Crippen molar-refractivity contribution in [1.29, 1.82) is 0 Å². The van der Waals surface area contributed by atoms with Crippen molar-refractivity contribution < 1.29 is 13.6 Å². The maximum atomic E-state index is 13.1. The molecule has 0 radical (unpaired) electrons. The minimum Gasteiger partial charge on any atom is -0.346 e. The van der Waals surface area contributed by atoms with E-state index in [1.807, 2.05) is 5.38 Å². The van der Waals surface area contributed by atoms with Gasteiger partial charge < -0.3 is 10.2 Å². The monoisotopic (exact) mass is 352 g/mol. The number of thiazole rings is 1. The van der Waals surface area contributed by atoms with Gasteiger partial charge in [-0.25, -0.2) is 13.8 Å². The van der Waals surface area contributed by atoms with E-state index in [9.17, 15) is 13.6 Å². The summed E-state index contributed by atoms with van der Waals surface area (Å²) < 4.78 is 26.0. The SMILES string of the molecule is O=C(CCN1CCN(c2nccs2)CC1)Nc1ccc(F)c(F)c1. The van der Waals surface area contributed by atoms with E-state index in [1.54, 1.807) is 17.5 Å². The molecule has 1 saturated heterocycles. The number of hydrogen-bond acceptors (Lipinski definition) is 5. The van der Waals surface area contributed by atoms with Gasteiger partial charge in [0.1, 0.15) is 0 Å². The Hall–Kier alpha value is -2.06. The molecule has 24 heavy (non-hydrogen) atoms. The lowest BCUT2D eigenvalue weighted by molar-refractivity contribution is -0.116. The van der Waals surface area contributed by atoms with Crippen molar-refractivity contribution in [1.82, 2.24) is 9.88 Å². The molecule has 1 aliphatic rings. The quantitative estimate of drug-likeness (QED) is 0.899. The molecule has 3 rings (SSSR count). The van der Waals surface area contributed by atoms with Gasteiger partial charge in [-0.2, -0.15) is 0 Å². The minimum absolute atomic E-state index is 0.205. The molecule has 1 aromatic carbocycles. The summed E-state index contributed by atoms with van der Waals surface area (Å²) in [5, 5.41) is 5.59. The summed E-state index contributed by atoms with van der Waals surface area (Å²) in [7, 11) is 0. The molecule has 2 heterocycles. The molecule has 0 unspecified atom stereocenters. The standard InChI is InChI=1S/C16H18F2N4OS/c17-13-2-1-12(11-14(13)18)20-15(23)3-5-21-6-8-22(9-7-21)16-19-4-10-24-16/h1-2,4,10-11H,3,5-9H2,(H,20,23). The Bertz CT molecular complexity index is 687. The molecule has 1 amide bonds. The molecule has 0 spiro atoms. The van der Waals surface area contributed by atoms with E-state index in [0.717, 1.165) is 43.4 Å². The van der Waals surface area contributed by atoms with Crippen LogP contribution in [0.3, 0.4) is 0 Å². The highest BCUT2D eigenvalue weighted by atomic mass is 32.1. The first kappa shape index (κ1) is 16.8. The number of benzene rings is 1. The van der Waals surface area contributed by atoms with E-state index in [-0.39, 0.29) is 11.6 Å². The number of hydrogen-bond donors (Lipinski definition) is 1. The van der Waals surface area contributed by atoms with Gasteiger partial charge in [0.15, 0.2) is 16.8 Å². The third kappa shape index (κ3) is 4.27. The van der Waals surface area contributed by atoms with Crippen molar-refractivity contribution in [3.8, 4) is 0 Å². The van der Waals surface area contributed by atoms with Crippen molar-refractivity contribution in [3.63, 3.8) is 0 Å². The lowest BCUT2D eigenvalue weighted by Gasteiger charge is -2.34. The van der Waals surface area contributed by atoms with Gasteiger partial charge in [-0.05, 0) is 12.1 Å². The molecule has 1 aromatic heterocycles. The van der Waals surface area contributed by atoms with Crippen LogP contribution in [0, 0.1) is 11.6 Å². The molecule has 0 bridgehead atoms. The normalized spacial score (nSPS) is 15.5. The topological polar surface area (TPSA) is 48.5 Å². The fraction of sp³-hybridized carbons (Fsp3) is 0.375. The molecule has 0 atom stereocenters. The maximum absolute atomic E-state index is 13.1. The lowest BCUT2D eigenvalue weighted by Crippen LogP contribution is -2.47. The van der Waals surface area contributed by atoms with Gasteiger partial charge in [0.25, 0.3) is 0 Å². The van der Waals surface area contributed by atoms with Crippen LogP contribution in [0.2, 0.25) is 0 Å². The largest absolute Gasteiger partial charge is 0.346 e. The molecule has 128 valence electrons. The molecule has 0 saturated carbocycles. The second-order valence-electron chi connectivity index (χ2n) is 5.57. The number of anilines is 2. The van der Waals surface area contributed by atoms with E-state index < -0.39 is 11.6 Å². The van der Waals surface area contributed by atoms with Crippen molar-refractivity contribution in [3.05, 3.63) is 41.4 Å². The van der Waals surface area contributed by atoms with Crippen LogP contribution >= 0.6 is 11.3 Å². The van der Waals surface area contributed by atoms with Crippen LogP contribution < -0.4 is 10.2 Å². The number of nitrogens with zero attached hydrogens (tertiary/aromatic N) is 3. The molecular weight excluding hydrogens is 334 g/mol. The van der Waals surface area contributed by atoms with Crippen LogP contribution in [0.4, 0.5) is 19.6 Å². The number of aromatic nitrogens is 1. The van der Waals surface area contributed by atoms with Crippen LogP contribution in [0.1, 0.15) is 6.42 Å². The molecule has 1 N–H and O–H groups in total. The molecule has 8 heteroatoms. The van der Waals surface area contributed by atoms with Gasteiger partial charge in [0.2, 0.25) is 5.91 Å². The predicted octanol–water partition coefficient (Wildman–Crippen LogP) is 2.57. The fourth-order valence-electron chi connectivity index (χ4n) is 2.59. The third-order valence-corrected chi connectivity index (χ3v) is 4.75. The average Bonchev–Trinajstić information content (AvgIpc) is 3.11. The van der Waals surface area contributed by atoms with Crippen LogP contribution in [-0.2, 0) is 4.79 Å². The zero-order chi connectivity index (χ0) is 16.9. The van der Waals surface area contributed by atoms with Gasteiger partial charge in [0, 0.05) is 62.5 Å². The summed E-state index contributed by atoms with van der Waals surface area (Å²) >= 11 is 1.63.